The van der Waals surface area contributed by atoms with E-state index in [4.69, 9.17) is 5.73 Å². The molecule has 0 spiro atoms. The number of nitrogens with two attached hydrogens (primary N) is 1. The molecule has 6 heteroatoms. The third kappa shape index (κ3) is 3.99. The molecule has 1 rings (SSSR count). The Kier molecular flexibility index (Phi) is 4.50. The molecule has 0 aliphatic heterocycles. The van der Waals surface area contributed by atoms with Crippen LogP contribution in [0.4, 0.5) is 5.69 Å². The van der Waals surface area contributed by atoms with Gasteiger partial charge in [-0.2, -0.15) is 0 Å². The lowest BCUT2D eigenvalue weighted by atomic mass is 10.3. The Hall–Kier alpha value is -1.11. The predicted octanol–water partition coefficient (Wildman–Crippen LogP) is 0.497. The van der Waals surface area contributed by atoms with E-state index in [1.807, 2.05) is 25.9 Å². The van der Waals surface area contributed by atoms with Crippen molar-refractivity contribution in [3.8, 4) is 0 Å². The molecule has 1 atom stereocenters. The highest BCUT2D eigenvalue weighted by atomic mass is 32.2. The first kappa shape index (κ1) is 14.0. The lowest BCUT2D eigenvalue weighted by Crippen LogP contribution is -2.38. The van der Waals surface area contributed by atoms with Gasteiger partial charge >= 0.3 is 0 Å². The van der Waals surface area contributed by atoms with Gasteiger partial charge in [-0.05, 0) is 39.2 Å². The minimum absolute atomic E-state index is 0.130. The smallest absolute Gasteiger partial charge is 0.240 e. The van der Waals surface area contributed by atoms with Crippen molar-refractivity contribution < 1.29 is 8.42 Å². The standard InChI is InChI=1S/C11H19N3O2S/c1-9(14(2)3)8-13-17(15,16)11-6-4-5-10(12)7-11/h4-7,9,13H,8,12H2,1-3H3. The molecule has 0 fully saturated rings. The van der Waals surface area contributed by atoms with Gasteiger partial charge in [-0.25, -0.2) is 13.1 Å². The first-order chi connectivity index (χ1) is 7.83. The predicted molar refractivity (Wildman–Crippen MR) is 69.2 cm³/mol. The second kappa shape index (κ2) is 5.48. The van der Waals surface area contributed by atoms with Crippen LogP contribution in [-0.2, 0) is 10.0 Å². The molecule has 5 nitrogen and oxygen atoms in total. The molecule has 0 aliphatic rings. The second-order valence-corrected chi connectivity index (χ2v) is 6.00. The molecule has 1 aromatic rings. The van der Waals surface area contributed by atoms with Crippen LogP contribution in [0.1, 0.15) is 6.92 Å². The van der Waals surface area contributed by atoms with Crippen LogP contribution < -0.4 is 10.5 Å². The molecule has 96 valence electrons. The molecule has 0 radical (unpaired) electrons. The third-order valence-electron chi connectivity index (χ3n) is 2.62. The van der Waals surface area contributed by atoms with Crippen molar-refractivity contribution in [2.45, 2.75) is 17.9 Å². The van der Waals surface area contributed by atoms with Crippen LogP contribution in [0, 0.1) is 0 Å². The van der Waals surface area contributed by atoms with Gasteiger partial charge in [0, 0.05) is 18.3 Å². The Morgan fingerprint density at radius 1 is 1.41 bits per heavy atom. The molecule has 1 unspecified atom stereocenters. The second-order valence-electron chi connectivity index (χ2n) is 4.24. The van der Waals surface area contributed by atoms with E-state index in [9.17, 15) is 8.42 Å². The van der Waals surface area contributed by atoms with Crippen LogP contribution in [-0.4, -0.2) is 40.0 Å². The Balaban J connectivity index is 2.76. The molecule has 0 amide bonds. The van der Waals surface area contributed by atoms with Gasteiger partial charge in [-0.15, -0.1) is 0 Å². The van der Waals surface area contributed by atoms with Crippen LogP contribution in [0.15, 0.2) is 29.2 Å². The quantitative estimate of drug-likeness (QED) is 0.753. The zero-order valence-corrected chi connectivity index (χ0v) is 11.2. The molecular weight excluding hydrogens is 238 g/mol. The van der Waals surface area contributed by atoms with Gasteiger partial charge in [0.15, 0.2) is 0 Å². The Labute approximate surface area is 103 Å². The fourth-order valence-electron chi connectivity index (χ4n) is 1.18. The molecule has 0 aliphatic carbocycles. The molecule has 0 saturated carbocycles. The number of anilines is 1. The maximum Gasteiger partial charge on any atom is 0.240 e. The van der Waals surface area contributed by atoms with E-state index in [1.54, 1.807) is 12.1 Å². The summed E-state index contributed by atoms with van der Waals surface area (Å²) in [5.41, 5.74) is 6.00. The number of hydrogen-bond donors (Lipinski definition) is 2. The van der Waals surface area contributed by atoms with E-state index in [1.165, 1.54) is 12.1 Å². The van der Waals surface area contributed by atoms with E-state index < -0.39 is 10.0 Å². The summed E-state index contributed by atoms with van der Waals surface area (Å²) in [5, 5.41) is 0. The SMILES string of the molecule is CC(CNS(=O)(=O)c1cccc(N)c1)N(C)C. The van der Waals surface area contributed by atoms with Crippen molar-refractivity contribution >= 4 is 15.7 Å². The summed E-state index contributed by atoms with van der Waals surface area (Å²) in [7, 11) is 0.336. The fraction of sp³-hybridized carbons (Fsp3) is 0.455. The zero-order valence-electron chi connectivity index (χ0n) is 10.3. The van der Waals surface area contributed by atoms with E-state index in [0.717, 1.165) is 0 Å². The number of nitrogens with one attached hydrogen (secondary N) is 1. The van der Waals surface area contributed by atoms with Crippen molar-refractivity contribution in [3.63, 3.8) is 0 Å². The first-order valence-electron chi connectivity index (χ1n) is 5.34. The van der Waals surface area contributed by atoms with Crippen molar-refractivity contribution in [3.05, 3.63) is 24.3 Å². The number of rotatable bonds is 5. The summed E-state index contributed by atoms with van der Waals surface area (Å²) in [6.07, 6.45) is 0. The van der Waals surface area contributed by atoms with Gasteiger partial charge in [0.25, 0.3) is 0 Å². The van der Waals surface area contributed by atoms with Crippen molar-refractivity contribution in [2.24, 2.45) is 0 Å². The average Bonchev–Trinajstić information content (AvgIpc) is 2.26. The van der Waals surface area contributed by atoms with Crippen molar-refractivity contribution in [1.82, 2.24) is 9.62 Å². The number of hydrogen-bond acceptors (Lipinski definition) is 4. The number of sulfonamides is 1. The van der Waals surface area contributed by atoms with Crippen LogP contribution >= 0.6 is 0 Å². The Morgan fingerprint density at radius 2 is 2.06 bits per heavy atom. The number of benzene rings is 1. The monoisotopic (exact) mass is 257 g/mol. The van der Waals surface area contributed by atoms with Gasteiger partial charge in [0.2, 0.25) is 10.0 Å². The maximum absolute atomic E-state index is 11.9. The minimum Gasteiger partial charge on any atom is -0.399 e. The number of nitrogen functional groups attached to an aromatic ring is 1. The molecular formula is C11H19N3O2S. The van der Waals surface area contributed by atoms with Gasteiger partial charge < -0.3 is 10.6 Å². The molecule has 17 heavy (non-hydrogen) atoms. The van der Waals surface area contributed by atoms with Crippen LogP contribution in [0.5, 0.6) is 0 Å². The molecule has 0 aromatic heterocycles. The van der Waals surface area contributed by atoms with Gasteiger partial charge in [0.05, 0.1) is 4.90 Å². The van der Waals surface area contributed by atoms with E-state index in [0.29, 0.717) is 12.2 Å². The van der Waals surface area contributed by atoms with E-state index in [-0.39, 0.29) is 10.9 Å². The highest BCUT2D eigenvalue weighted by Crippen LogP contribution is 2.12. The van der Waals surface area contributed by atoms with Crippen LogP contribution in [0.25, 0.3) is 0 Å². The fourth-order valence-corrected chi connectivity index (χ4v) is 2.35. The average molecular weight is 257 g/mol. The molecule has 0 saturated heterocycles. The van der Waals surface area contributed by atoms with Crippen molar-refractivity contribution in [1.29, 1.82) is 0 Å². The number of nitrogens with zero attached hydrogens (tertiary/aromatic N) is 1. The summed E-state index contributed by atoms with van der Waals surface area (Å²) in [6.45, 7) is 2.31. The summed E-state index contributed by atoms with van der Waals surface area (Å²) in [5.74, 6) is 0. The normalized spacial score (nSPS) is 13.9. The minimum atomic E-state index is -3.47. The van der Waals surface area contributed by atoms with Gasteiger partial charge in [-0.1, -0.05) is 6.07 Å². The maximum atomic E-state index is 11.9. The molecule has 0 bridgehead atoms. The lowest BCUT2D eigenvalue weighted by Gasteiger charge is -2.20. The zero-order chi connectivity index (χ0) is 13.1. The molecule has 1 aromatic carbocycles. The van der Waals surface area contributed by atoms with E-state index in [2.05, 4.69) is 4.72 Å². The largest absolute Gasteiger partial charge is 0.399 e. The summed E-state index contributed by atoms with van der Waals surface area (Å²) in [6, 6.07) is 6.38. The number of likely N-dealkylation sites (N-methyl/N-ethyl adjacent to an activating group) is 1. The Morgan fingerprint density at radius 3 is 2.59 bits per heavy atom. The Bertz CT molecular complexity index is 471. The summed E-state index contributed by atoms with van der Waals surface area (Å²) in [4.78, 5) is 2.14. The van der Waals surface area contributed by atoms with Crippen molar-refractivity contribution in [2.75, 3.05) is 26.4 Å². The lowest BCUT2D eigenvalue weighted by molar-refractivity contribution is 0.314. The van der Waals surface area contributed by atoms with Crippen LogP contribution in [0.3, 0.4) is 0 Å². The highest BCUT2D eigenvalue weighted by Gasteiger charge is 2.15. The third-order valence-corrected chi connectivity index (χ3v) is 4.04. The summed E-state index contributed by atoms with van der Waals surface area (Å²) >= 11 is 0. The van der Waals surface area contributed by atoms with Gasteiger partial charge in [-0.3, -0.25) is 0 Å². The van der Waals surface area contributed by atoms with E-state index >= 15 is 0 Å². The molecule has 3 N–H and O–H groups in total. The topological polar surface area (TPSA) is 75.4 Å². The van der Waals surface area contributed by atoms with Crippen LogP contribution in [0.2, 0.25) is 0 Å². The highest BCUT2D eigenvalue weighted by molar-refractivity contribution is 7.89. The van der Waals surface area contributed by atoms with Gasteiger partial charge in [0.1, 0.15) is 0 Å². The molecule has 0 heterocycles. The summed E-state index contributed by atoms with van der Waals surface area (Å²) < 4.78 is 26.4. The first-order valence-corrected chi connectivity index (χ1v) is 6.83.